The van der Waals surface area contributed by atoms with Gasteiger partial charge in [-0.1, -0.05) is 36.0 Å². The van der Waals surface area contributed by atoms with Crippen molar-refractivity contribution in [2.45, 2.75) is 44.4 Å². The Bertz CT molecular complexity index is 1090. The molecule has 2 aliphatic heterocycles. The van der Waals surface area contributed by atoms with Crippen LogP contribution in [0.1, 0.15) is 47.2 Å². The minimum atomic E-state index is -0.479. The summed E-state index contributed by atoms with van der Waals surface area (Å²) in [6, 6.07) is 14.8. The molecule has 4 rings (SSSR count). The molecule has 0 aliphatic carbocycles. The standard InChI is InChI=1S/C26H30N4O3S/c1-18-8-4-5-9-20(18)17-29(2)25(33)19-10-12-21(13-11-19)27-23(31)16-22-24(32)28-26(34-22)30-14-6-3-7-15-30/h4-5,8-13,22H,3,6-7,14-17H2,1-2H3,(H,27,31)/t22-/m0/s1. The van der Waals surface area contributed by atoms with Gasteiger partial charge in [-0.3, -0.25) is 14.4 Å². The van der Waals surface area contributed by atoms with Crippen LogP contribution >= 0.6 is 11.8 Å². The molecule has 8 heteroatoms. The number of hydrogen-bond acceptors (Lipinski definition) is 5. The van der Waals surface area contributed by atoms with Crippen LogP contribution in [-0.4, -0.2) is 58.1 Å². The van der Waals surface area contributed by atoms with E-state index in [9.17, 15) is 14.4 Å². The lowest BCUT2D eigenvalue weighted by molar-refractivity contribution is -0.121. The van der Waals surface area contributed by atoms with Gasteiger partial charge in [-0.2, -0.15) is 4.99 Å². The first-order chi connectivity index (χ1) is 16.4. The van der Waals surface area contributed by atoms with Crippen molar-refractivity contribution in [3.63, 3.8) is 0 Å². The summed E-state index contributed by atoms with van der Waals surface area (Å²) in [4.78, 5) is 45.6. The summed E-state index contributed by atoms with van der Waals surface area (Å²) in [7, 11) is 1.78. The first-order valence-corrected chi connectivity index (χ1v) is 12.5. The Morgan fingerprint density at radius 3 is 2.50 bits per heavy atom. The summed E-state index contributed by atoms with van der Waals surface area (Å²) in [5.74, 6) is -0.563. The van der Waals surface area contributed by atoms with Gasteiger partial charge < -0.3 is 15.1 Å². The highest BCUT2D eigenvalue weighted by Crippen LogP contribution is 2.29. The maximum absolute atomic E-state index is 12.8. The van der Waals surface area contributed by atoms with Crippen LogP contribution < -0.4 is 5.32 Å². The number of amidine groups is 1. The van der Waals surface area contributed by atoms with E-state index < -0.39 is 5.25 Å². The summed E-state index contributed by atoms with van der Waals surface area (Å²) in [6.45, 7) is 4.40. The van der Waals surface area contributed by atoms with Gasteiger partial charge >= 0.3 is 0 Å². The molecule has 1 saturated heterocycles. The van der Waals surface area contributed by atoms with Gasteiger partial charge in [0, 0.05) is 44.4 Å². The number of hydrogen-bond donors (Lipinski definition) is 1. The molecule has 178 valence electrons. The van der Waals surface area contributed by atoms with Crippen LogP contribution in [-0.2, 0) is 16.1 Å². The Morgan fingerprint density at radius 2 is 1.79 bits per heavy atom. The zero-order valence-corrected chi connectivity index (χ0v) is 20.4. The predicted molar refractivity (Wildman–Crippen MR) is 136 cm³/mol. The third kappa shape index (κ3) is 5.86. The van der Waals surface area contributed by atoms with E-state index in [2.05, 4.69) is 15.2 Å². The van der Waals surface area contributed by atoms with Crippen LogP contribution in [0.4, 0.5) is 5.69 Å². The fourth-order valence-corrected chi connectivity index (χ4v) is 5.26. The van der Waals surface area contributed by atoms with Crippen LogP contribution in [0.5, 0.6) is 0 Å². The second kappa shape index (κ2) is 10.9. The fraction of sp³-hybridized carbons (Fsp3) is 0.385. The summed E-state index contributed by atoms with van der Waals surface area (Å²) in [6.07, 6.45) is 3.50. The molecule has 0 radical (unpaired) electrons. The van der Waals surface area contributed by atoms with E-state index in [1.165, 1.54) is 18.2 Å². The van der Waals surface area contributed by atoms with Gasteiger partial charge in [0.05, 0.1) is 0 Å². The Balaban J connectivity index is 1.28. The van der Waals surface area contributed by atoms with Crippen LogP contribution in [0.15, 0.2) is 53.5 Å². The second-order valence-electron chi connectivity index (χ2n) is 8.80. The zero-order chi connectivity index (χ0) is 24.1. The number of nitrogens with one attached hydrogen (secondary N) is 1. The highest BCUT2D eigenvalue weighted by Gasteiger charge is 2.33. The van der Waals surface area contributed by atoms with Gasteiger partial charge in [0.25, 0.3) is 11.8 Å². The average molecular weight is 479 g/mol. The van der Waals surface area contributed by atoms with Crippen LogP contribution in [0, 0.1) is 6.92 Å². The summed E-state index contributed by atoms with van der Waals surface area (Å²) >= 11 is 1.39. The van der Waals surface area contributed by atoms with Crippen molar-refractivity contribution in [1.29, 1.82) is 0 Å². The number of amides is 3. The molecule has 34 heavy (non-hydrogen) atoms. The summed E-state index contributed by atoms with van der Waals surface area (Å²) < 4.78 is 0. The molecule has 0 bridgehead atoms. The lowest BCUT2D eigenvalue weighted by atomic mass is 10.1. The fourth-order valence-electron chi connectivity index (χ4n) is 4.14. The molecule has 2 heterocycles. The quantitative estimate of drug-likeness (QED) is 0.677. The molecule has 0 spiro atoms. The van der Waals surface area contributed by atoms with E-state index in [1.54, 1.807) is 36.2 Å². The maximum atomic E-state index is 12.8. The smallest absolute Gasteiger partial charge is 0.262 e. The highest BCUT2D eigenvalue weighted by molar-refractivity contribution is 8.15. The summed E-state index contributed by atoms with van der Waals surface area (Å²) in [5.41, 5.74) is 3.40. The van der Waals surface area contributed by atoms with Crippen molar-refractivity contribution < 1.29 is 14.4 Å². The second-order valence-corrected chi connectivity index (χ2v) is 9.97. The highest BCUT2D eigenvalue weighted by atomic mass is 32.2. The van der Waals surface area contributed by atoms with Crippen molar-refractivity contribution in [3.8, 4) is 0 Å². The van der Waals surface area contributed by atoms with Crippen molar-refractivity contribution in [3.05, 3.63) is 65.2 Å². The number of nitrogens with zero attached hydrogens (tertiary/aromatic N) is 3. The number of aryl methyl sites for hydroxylation is 1. The number of aliphatic imine (C=N–C) groups is 1. The largest absolute Gasteiger partial charge is 0.351 e. The number of carbonyl (C=O) groups excluding carboxylic acids is 3. The van der Waals surface area contributed by atoms with Crippen molar-refractivity contribution in [2.24, 2.45) is 4.99 Å². The SMILES string of the molecule is Cc1ccccc1CN(C)C(=O)c1ccc(NC(=O)C[C@@H]2SC(N3CCCCC3)=NC2=O)cc1. The normalized spacial score (nSPS) is 17.9. The Hall–Kier alpha value is -3.13. The molecule has 1 atom stereocenters. The molecule has 1 N–H and O–H groups in total. The third-order valence-corrected chi connectivity index (χ3v) is 7.37. The van der Waals surface area contributed by atoms with Crippen LogP contribution in [0.25, 0.3) is 0 Å². The van der Waals surface area contributed by atoms with Gasteiger partial charge in [0.2, 0.25) is 5.91 Å². The Labute approximate surface area is 204 Å². The van der Waals surface area contributed by atoms with Gasteiger partial charge in [-0.25, -0.2) is 0 Å². The van der Waals surface area contributed by atoms with E-state index in [-0.39, 0.29) is 24.1 Å². The lowest BCUT2D eigenvalue weighted by Gasteiger charge is -2.27. The predicted octanol–water partition coefficient (Wildman–Crippen LogP) is 4.08. The number of benzene rings is 2. The van der Waals surface area contributed by atoms with E-state index in [1.807, 2.05) is 31.2 Å². The monoisotopic (exact) mass is 478 g/mol. The zero-order valence-electron chi connectivity index (χ0n) is 19.6. The van der Waals surface area contributed by atoms with Gasteiger partial charge in [-0.05, 0) is 61.6 Å². The maximum Gasteiger partial charge on any atom is 0.262 e. The Morgan fingerprint density at radius 1 is 1.09 bits per heavy atom. The van der Waals surface area contributed by atoms with Gasteiger partial charge in [0.1, 0.15) is 5.25 Å². The topological polar surface area (TPSA) is 82.1 Å². The molecule has 2 aromatic rings. The minimum absolute atomic E-state index is 0.0736. The van der Waals surface area contributed by atoms with Gasteiger partial charge in [-0.15, -0.1) is 0 Å². The number of anilines is 1. The number of piperidine rings is 1. The third-order valence-electron chi connectivity index (χ3n) is 6.16. The molecule has 3 amide bonds. The first-order valence-electron chi connectivity index (χ1n) is 11.6. The molecule has 0 aromatic heterocycles. The average Bonchev–Trinajstić information content (AvgIpc) is 3.21. The minimum Gasteiger partial charge on any atom is -0.351 e. The lowest BCUT2D eigenvalue weighted by Crippen LogP contribution is -2.33. The molecule has 0 saturated carbocycles. The van der Waals surface area contributed by atoms with Crippen LogP contribution in [0.2, 0.25) is 0 Å². The van der Waals surface area contributed by atoms with E-state index in [0.717, 1.165) is 42.2 Å². The van der Waals surface area contributed by atoms with E-state index in [0.29, 0.717) is 17.8 Å². The number of carbonyl (C=O) groups is 3. The van der Waals surface area contributed by atoms with Crippen molar-refractivity contribution in [2.75, 3.05) is 25.5 Å². The first kappa shape index (κ1) is 24.0. The number of rotatable bonds is 6. The molecule has 1 fully saturated rings. The van der Waals surface area contributed by atoms with Crippen LogP contribution in [0.3, 0.4) is 0 Å². The van der Waals surface area contributed by atoms with Crippen molar-refractivity contribution >= 4 is 40.3 Å². The molecule has 0 unspecified atom stereocenters. The molecular formula is C26H30N4O3S. The van der Waals surface area contributed by atoms with E-state index >= 15 is 0 Å². The molecule has 2 aromatic carbocycles. The molecule has 2 aliphatic rings. The number of likely N-dealkylation sites (tertiary alicyclic amines) is 1. The number of thioether (sulfide) groups is 1. The van der Waals surface area contributed by atoms with E-state index in [4.69, 9.17) is 0 Å². The molecule has 7 nitrogen and oxygen atoms in total. The molecular weight excluding hydrogens is 448 g/mol. The van der Waals surface area contributed by atoms with Crippen molar-refractivity contribution in [1.82, 2.24) is 9.80 Å². The van der Waals surface area contributed by atoms with Gasteiger partial charge in [0.15, 0.2) is 5.17 Å². The Kier molecular flexibility index (Phi) is 7.67. The summed E-state index contributed by atoms with van der Waals surface area (Å²) in [5, 5.41) is 3.10.